The van der Waals surface area contributed by atoms with E-state index in [1.165, 1.54) is 0 Å². The average molecular weight is 230 g/mol. The second-order valence-corrected chi connectivity index (χ2v) is 4.27. The van der Waals surface area contributed by atoms with E-state index in [4.69, 9.17) is 11.6 Å². The molecule has 94 valence electrons. The van der Waals surface area contributed by atoms with Crippen molar-refractivity contribution in [1.29, 1.82) is 0 Å². The van der Waals surface area contributed by atoms with E-state index in [0.717, 1.165) is 6.54 Å². The van der Waals surface area contributed by atoms with E-state index in [9.17, 15) is 9.59 Å². The number of hydrazine groups is 1. The van der Waals surface area contributed by atoms with Gasteiger partial charge in [0.15, 0.2) is 0 Å². The molecule has 6 heteroatoms. The highest BCUT2D eigenvalue weighted by Gasteiger charge is 2.10. The van der Waals surface area contributed by atoms with Gasteiger partial charge < -0.3 is 5.73 Å². The Kier molecular flexibility index (Phi) is 7.49. The van der Waals surface area contributed by atoms with Crippen LogP contribution in [0.25, 0.3) is 0 Å². The quantitative estimate of drug-likeness (QED) is 0.288. The molecule has 0 aliphatic carbocycles. The van der Waals surface area contributed by atoms with E-state index in [-0.39, 0.29) is 18.4 Å². The Bertz CT molecular complexity index is 231. The predicted octanol–water partition coefficient (Wildman–Crippen LogP) is -0.800. The maximum atomic E-state index is 10.9. The fourth-order valence-electron chi connectivity index (χ4n) is 1.51. The van der Waals surface area contributed by atoms with Gasteiger partial charge in [-0.1, -0.05) is 13.8 Å². The zero-order chi connectivity index (χ0) is 12.6. The molecule has 0 unspecified atom stereocenters. The SMILES string of the molecule is CC(C)CN(CCCC(=O)NN)CC(N)=O. The van der Waals surface area contributed by atoms with Crippen molar-refractivity contribution in [2.45, 2.75) is 26.7 Å². The van der Waals surface area contributed by atoms with Gasteiger partial charge in [-0.25, -0.2) is 5.84 Å². The molecular formula is C10H22N4O2. The van der Waals surface area contributed by atoms with Gasteiger partial charge in [0, 0.05) is 13.0 Å². The van der Waals surface area contributed by atoms with Crippen molar-refractivity contribution in [3.63, 3.8) is 0 Å². The molecule has 0 aromatic heterocycles. The number of hydrogen-bond acceptors (Lipinski definition) is 4. The lowest BCUT2D eigenvalue weighted by Crippen LogP contribution is -2.37. The van der Waals surface area contributed by atoms with Crippen molar-refractivity contribution in [1.82, 2.24) is 10.3 Å². The first-order chi connectivity index (χ1) is 7.45. The summed E-state index contributed by atoms with van der Waals surface area (Å²) in [5.41, 5.74) is 7.22. The number of nitrogens with two attached hydrogens (primary N) is 2. The van der Waals surface area contributed by atoms with Crippen molar-refractivity contribution >= 4 is 11.8 Å². The lowest BCUT2D eigenvalue weighted by molar-refractivity contribution is -0.121. The summed E-state index contributed by atoms with van der Waals surface area (Å²) < 4.78 is 0. The summed E-state index contributed by atoms with van der Waals surface area (Å²) in [4.78, 5) is 23.7. The molecule has 0 bridgehead atoms. The van der Waals surface area contributed by atoms with Crippen molar-refractivity contribution in [3.05, 3.63) is 0 Å². The van der Waals surface area contributed by atoms with Crippen molar-refractivity contribution in [2.24, 2.45) is 17.5 Å². The third kappa shape index (κ3) is 8.19. The minimum atomic E-state index is -0.344. The second-order valence-electron chi connectivity index (χ2n) is 4.27. The molecule has 0 saturated carbocycles. The topological polar surface area (TPSA) is 101 Å². The number of nitrogens with zero attached hydrogens (tertiary/aromatic N) is 1. The Morgan fingerprint density at radius 1 is 1.38 bits per heavy atom. The van der Waals surface area contributed by atoms with Gasteiger partial charge in [0.25, 0.3) is 0 Å². The number of carbonyl (C=O) groups excluding carboxylic acids is 2. The summed E-state index contributed by atoms with van der Waals surface area (Å²) >= 11 is 0. The van der Waals surface area contributed by atoms with Crippen LogP contribution in [0.1, 0.15) is 26.7 Å². The fourth-order valence-corrected chi connectivity index (χ4v) is 1.51. The minimum absolute atomic E-state index is 0.191. The minimum Gasteiger partial charge on any atom is -0.369 e. The molecule has 0 radical (unpaired) electrons. The van der Waals surface area contributed by atoms with E-state index in [0.29, 0.717) is 25.3 Å². The summed E-state index contributed by atoms with van der Waals surface area (Å²) in [6.07, 6.45) is 1.03. The Hall–Kier alpha value is -1.14. The van der Waals surface area contributed by atoms with Gasteiger partial charge in [0.2, 0.25) is 11.8 Å². The Morgan fingerprint density at radius 3 is 2.44 bits per heavy atom. The van der Waals surface area contributed by atoms with Gasteiger partial charge in [0.1, 0.15) is 0 Å². The third-order valence-corrected chi connectivity index (χ3v) is 2.04. The maximum Gasteiger partial charge on any atom is 0.233 e. The van der Waals surface area contributed by atoms with Crippen LogP contribution in [0.15, 0.2) is 0 Å². The molecule has 0 aromatic rings. The monoisotopic (exact) mass is 230 g/mol. The maximum absolute atomic E-state index is 10.9. The van der Waals surface area contributed by atoms with Crippen LogP contribution in [0.5, 0.6) is 0 Å². The van der Waals surface area contributed by atoms with Crippen LogP contribution in [0.4, 0.5) is 0 Å². The molecule has 0 heterocycles. The third-order valence-electron chi connectivity index (χ3n) is 2.04. The largest absolute Gasteiger partial charge is 0.369 e. The lowest BCUT2D eigenvalue weighted by Gasteiger charge is -2.22. The summed E-state index contributed by atoms with van der Waals surface area (Å²) in [6, 6.07) is 0. The summed E-state index contributed by atoms with van der Waals surface area (Å²) in [5.74, 6) is 4.89. The van der Waals surface area contributed by atoms with E-state index < -0.39 is 0 Å². The van der Waals surface area contributed by atoms with Gasteiger partial charge in [-0.15, -0.1) is 0 Å². The Labute approximate surface area is 96.3 Å². The molecule has 6 nitrogen and oxygen atoms in total. The summed E-state index contributed by atoms with van der Waals surface area (Å²) in [5, 5.41) is 0. The van der Waals surface area contributed by atoms with Gasteiger partial charge in [-0.05, 0) is 18.9 Å². The highest BCUT2D eigenvalue weighted by atomic mass is 16.2. The number of hydrogen-bond donors (Lipinski definition) is 3. The predicted molar refractivity (Wildman–Crippen MR) is 62.0 cm³/mol. The van der Waals surface area contributed by atoms with E-state index >= 15 is 0 Å². The number of nitrogens with one attached hydrogen (secondary N) is 1. The fraction of sp³-hybridized carbons (Fsp3) is 0.800. The first-order valence-corrected chi connectivity index (χ1v) is 5.45. The molecule has 0 saturated heterocycles. The van der Waals surface area contributed by atoms with Gasteiger partial charge in [-0.2, -0.15) is 0 Å². The van der Waals surface area contributed by atoms with E-state index in [1.54, 1.807) is 0 Å². The molecular weight excluding hydrogens is 208 g/mol. The molecule has 0 aliphatic heterocycles. The number of rotatable bonds is 8. The number of carbonyl (C=O) groups is 2. The zero-order valence-corrected chi connectivity index (χ0v) is 10.0. The molecule has 0 atom stereocenters. The highest BCUT2D eigenvalue weighted by molar-refractivity contribution is 5.76. The molecule has 0 aromatic carbocycles. The van der Waals surface area contributed by atoms with Crippen molar-refractivity contribution in [2.75, 3.05) is 19.6 Å². The molecule has 0 fully saturated rings. The standard InChI is InChI=1S/C10H22N4O2/c1-8(2)6-14(7-9(11)15)5-3-4-10(16)13-12/h8H,3-7,12H2,1-2H3,(H2,11,15)(H,13,16). The second kappa shape index (κ2) is 8.06. The van der Waals surface area contributed by atoms with Crippen LogP contribution in [0.3, 0.4) is 0 Å². The molecule has 0 spiro atoms. The average Bonchev–Trinajstić information content (AvgIpc) is 2.15. The first kappa shape index (κ1) is 14.9. The molecule has 2 amide bonds. The van der Waals surface area contributed by atoms with Gasteiger partial charge >= 0.3 is 0 Å². The molecule has 5 N–H and O–H groups in total. The Morgan fingerprint density at radius 2 is 2.00 bits per heavy atom. The van der Waals surface area contributed by atoms with Crippen LogP contribution in [0.2, 0.25) is 0 Å². The zero-order valence-electron chi connectivity index (χ0n) is 10.0. The van der Waals surface area contributed by atoms with Gasteiger partial charge in [-0.3, -0.25) is 19.9 Å². The van der Waals surface area contributed by atoms with Crippen molar-refractivity contribution in [3.8, 4) is 0 Å². The van der Waals surface area contributed by atoms with Gasteiger partial charge in [0.05, 0.1) is 6.54 Å². The lowest BCUT2D eigenvalue weighted by atomic mass is 10.2. The smallest absolute Gasteiger partial charge is 0.233 e. The number of primary amides is 1. The van der Waals surface area contributed by atoms with E-state index in [2.05, 4.69) is 19.3 Å². The summed E-state index contributed by atoms with van der Waals surface area (Å²) in [7, 11) is 0. The van der Waals surface area contributed by atoms with Crippen LogP contribution >= 0.6 is 0 Å². The highest BCUT2D eigenvalue weighted by Crippen LogP contribution is 2.01. The molecule has 0 aliphatic rings. The first-order valence-electron chi connectivity index (χ1n) is 5.45. The van der Waals surface area contributed by atoms with E-state index in [1.807, 2.05) is 4.90 Å². The molecule has 0 rings (SSSR count). The number of amides is 2. The van der Waals surface area contributed by atoms with Crippen molar-refractivity contribution < 1.29 is 9.59 Å². The van der Waals surface area contributed by atoms with Crippen LogP contribution in [-0.2, 0) is 9.59 Å². The Balaban J connectivity index is 3.91. The summed E-state index contributed by atoms with van der Waals surface area (Å²) in [6.45, 7) is 5.85. The van der Waals surface area contributed by atoms with Crippen LogP contribution in [-0.4, -0.2) is 36.3 Å². The van der Waals surface area contributed by atoms with Crippen LogP contribution < -0.4 is 17.0 Å². The normalized spacial score (nSPS) is 10.8. The van der Waals surface area contributed by atoms with Crippen LogP contribution in [0, 0.1) is 5.92 Å². The molecule has 16 heavy (non-hydrogen) atoms.